The van der Waals surface area contributed by atoms with Crippen molar-refractivity contribution in [2.45, 2.75) is 32.7 Å². The molecule has 0 saturated carbocycles. The molecule has 1 atom stereocenters. The Morgan fingerprint density at radius 3 is 2.96 bits per heavy atom. The van der Waals surface area contributed by atoms with Gasteiger partial charge >= 0.3 is 0 Å². The Kier molecular flexibility index (Phi) is 4.81. The van der Waals surface area contributed by atoms with E-state index < -0.39 is 0 Å². The van der Waals surface area contributed by atoms with E-state index in [0.717, 1.165) is 28.7 Å². The van der Waals surface area contributed by atoms with Gasteiger partial charge in [0.1, 0.15) is 5.82 Å². The van der Waals surface area contributed by atoms with Crippen LogP contribution < -0.4 is 5.32 Å². The largest absolute Gasteiger partial charge is 0.347 e. The van der Waals surface area contributed by atoms with Crippen molar-refractivity contribution in [3.63, 3.8) is 0 Å². The number of halogens is 1. The van der Waals surface area contributed by atoms with Crippen molar-refractivity contribution in [1.82, 2.24) is 20.3 Å². The number of amides is 1. The lowest BCUT2D eigenvalue weighted by atomic mass is 10.1. The molecule has 1 aromatic carbocycles. The molecule has 0 spiro atoms. The second-order valence-corrected chi connectivity index (χ2v) is 6.19. The molecule has 0 fully saturated rings. The maximum atomic E-state index is 12.4. The molecule has 0 bridgehead atoms. The van der Waals surface area contributed by atoms with Crippen LogP contribution in [0.5, 0.6) is 0 Å². The molecule has 2 heterocycles. The summed E-state index contributed by atoms with van der Waals surface area (Å²) in [5, 5.41) is 3.68. The lowest BCUT2D eigenvalue weighted by Crippen LogP contribution is -2.30. The van der Waals surface area contributed by atoms with E-state index in [0.29, 0.717) is 10.8 Å². The van der Waals surface area contributed by atoms with Gasteiger partial charge in [-0.2, -0.15) is 0 Å². The van der Waals surface area contributed by atoms with Crippen LogP contribution in [0.4, 0.5) is 0 Å². The maximum Gasteiger partial charge on any atom is 0.228 e. The summed E-state index contributed by atoms with van der Waals surface area (Å²) in [6.45, 7) is 4.03. The Labute approximate surface area is 145 Å². The average Bonchev–Trinajstić information content (AvgIpc) is 2.94. The van der Waals surface area contributed by atoms with E-state index in [1.165, 1.54) is 0 Å². The fourth-order valence-corrected chi connectivity index (χ4v) is 2.91. The SMILES string of the molecule is CC[C@@H](NC(=O)Cc1nc2ccc(Cl)cc2[nH]1)c1ncccc1C. The summed E-state index contributed by atoms with van der Waals surface area (Å²) in [4.78, 5) is 24.4. The summed E-state index contributed by atoms with van der Waals surface area (Å²) >= 11 is 5.97. The maximum absolute atomic E-state index is 12.4. The molecule has 6 heteroatoms. The van der Waals surface area contributed by atoms with Gasteiger partial charge in [-0.05, 0) is 43.2 Å². The van der Waals surface area contributed by atoms with E-state index in [1.54, 1.807) is 18.3 Å². The van der Waals surface area contributed by atoms with Gasteiger partial charge in [0.2, 0.25) is 5.91 Å². The summed E-state index contributed by atoms with van der Waals surface area (Å²) in [7, 11) is 0. The van der Waals surface area contributed by atoms with E-state index in [-0.39, 0.29) is 18.4 Å². The Hall–Kier alpha value is -2.40. The van der Waals surface area contributed by atoms with Crippen molar-refractivity contribution < 1.29 is 4.79 Å². The monoisotopic (exact) mass is 342 g/mol. The van der Waals surface area contributed by atoms with Crippen molar-refractivity contribution in [3.05, 3.63) is 58.6 Å². The van der Waals surface area contributed by atoms with Crippen LogP contribution in [0.2, 0.25) is 5.02 Å². The van der Waals surface area contributed by atoms with Crippen LogP contribution in [0, 0.1) is 6.92 Å². The number of hydrogen-bond acceptors (Lipinski definition) is 3. The Bertz CT molecular complexity index is 874. The first-order valence-electron chi connectivity index (χ1n) is 7.92. The first kappa shape index (κ1) is 16.5. The van der Waals surface area contributed by atoms with Gasteiger partial charge in [-0.3, -0.25) is 9.78 Å². The molecule has 2 N–H and O–H groups in total. The fraction of sp³-hybridized carbons (Fsp3) is 0.278. The fourth-order valence-electron chi connectivity index (χ4n) is 2.74. The van der Waals surface area contributed by atoms with E-state index in [4.69, 9.17) is 11.6 Å². The van der Waals surface area contributed by atoms with Crippen molar-refractivity contribution >= 4 is 28.5 Å². The number of benzene rings is 1. The van der Waals surface area contributed by atoms with Gasteiger partial charge in [0, 0.05) is 11.2 Å². The summed E-state index contributed by atoms with van der Waals surface area (Å²) in [5.41, 5.74) is 3.61. The highest BCUT2D eigenvalue weighted by Gasteiger charge is 2.17. The summed E-state index contributed by atoms with van der Waals surface area (Å²) < 4.78 is 0. The molecule has 3 aromatic rings. The number of rotatable bonds is 5. The average molecular weight is 343 g/mol. The number of aromatic nitrogens is 3. The van der Waals surface area contributed by atoms with E-state index in [2.05, 4.69) is 20.3 Å². The van der Waals surface area contributed by atoms with Crippen LogP contribution in [0.15, 0.2) is 36.5 Å². The molecule has 0 aliphatic rings. The first-order chi connectivity index (χ1) is 11.6. The Morgan fingerprint density at radius 2 is 2.21 bits per heavy atom. The third-order valence-electron chi connectivity index (χ3n) is 3.94. The van der Waals surface area contributed by atoms with Gasteiger partial charge in [0.15, 0.2) is 0 Å². The number of H-pyrrole nitrogens is 1. The number of hydrogen-bond donors (Lipinski definition) is 2. The van der Waals surface area contributed by atoms with Gasteiger partial charge in [0.05, 0.1) is 29.2 Å². The molecular weight excluding hydrogens is 324 g/mol. The Balaban J connectivity index is 1.72. The molecule has 0 aliphatic carbocycles. The van der Waals surface area contributed by atoms with Gasteiger partial charge in [-0.1, -0.05) is 24.6 Å². The van der Waals surface area contributed by atoms with Crippen molar-refractivity contribution in [3.8, 4) is 0 Å². The summed E-state index contributed by atoms with van der Waals surface area (Å²) in [6, 6.07) is 9.22. The zero-order valence-corrected chi connectivity index (χ0v) is 14.4. The zero-order chi connectivity index (χ0) is 17.1. The highest BCUT2D eigenvalue weighted by Crippen LogP contribution is 2.19. The van der Waals surface area contributed by atoms with Crippen LogP contribution in [0.3, 0.4) is 0 Å². The summed E-state index contributed by atoms with van der Waals surface area (Å²) in [5.74, 6) is 0.536. The van der Waals surface area contributed by atoms with Crippen LogP contribution in [-0.2, 0) is 11.2 Å². The minimum Gasteiger partial charge on any atom is -0.347 e. The van der Waals surface area contributed by atoms with Crippen molar-refractivity contribution in [2.75, 3.05) is 0 Å². The van der Waals surface area contributed by atoms with Crippen molar-refractivity contribution in [2.24, 2.45) is 0 Å². The molecule has 3 rings (SSSR count). The highest BCUT2D eigenvalue weighted by atomic mass is 35.5. The molecule has 1 amide bonds. The lowest BCUT2D eigenvalue weighted by molar-refractivity contribution is -0.121. The van der Waals surface area contributed by atoms with Crippen LogP contribution in [0.1, 0.15) is 36.5 Å². The number of nitrogens with zero attached hydrogens (tertiary/aromatic N) is 2. The van der Waals surface area contributed by atoms with Crippen molar-refractivity contribution in [1.29, 1.82) is 0 Å². The number of carbonyl (C=O) groups is 1. The standard InChI is InChI=1S/C18H19ClN4O/c1-3-13(18-11(2)5-4-8-20-18)23-17(24)10-16-21-14-7-6-12(19)9-15(14)22-16/h4-9,13H,3,10H2,1-2H3,(H,21,22)(H,23,24)/t13-/m1/s1. The quantitative estimate of drug-likeness (QED) is 0.742. The molecule has 0 unspecified atom stereocenters. The lowest BCUT2D eigenvalue weighted by Gasteiger charge is -2.18. The normalized spacial score (nSPS) is 12.3. The zero-order valence-electron chi connectivity index (χ0n) is 13.6. The van der Waals surface area contributed by atoms with E-state index >= 15 is 0 Å². The Morgan fingerprint density at radius 1 is 1.38 bits per heavy atom. The second-order valence-electron chi connectivity index (χ2n) is 5.76. The molecular formula is C18H19ClN4O. The number of carbonyl (C=O) groups excluding carboxylic acids is 1. The number of fused-ring (bicyclic) bond motifs is 1. The van der Waals surface area contributed by atoms with Gasteiger partial charge in [-0.15, -0.1) is 0 Å². The number of nitrogens with one attached hydrogen (secondary N) is 2. The highest BCUT2D eigenvalue weighted by molar-refractivity contribution is 6.31. The molecule has 124 valence electrons. The smallest absolute Gasteiger partial charge is 0.228 e. The van der Waals surface area contributed by atoms with Crippen LogP contribution in [-0.4, -0.2) is 20.9 Å². The van der Waals surface area contributed by atoms with Gasteiger partial charge in [0.25, 0.3) is 0 Å². The molecule has 0 saturated heterocycles. The third kappa shape index (κ3) is 3.57. The predicted octanol–water partition coefficient (Wildman–Crippen LogP) is 3.73. The van der Waals surface area contributed by atoms with E-state index in [9.17, 15) is 4.79 Å². The number of aromatic amines is 1. The molecule has 0 radical (unpaired) electrons. The van der Waals surface area contributed by atoms with Crippen LogP contribution >= 0.6 is 11.6 Å². The molecule has 5 nitrogen and oxygen atoms in total. The van der Waals surface area contributed by atoms with Gasteiger partial charge in [-0.25, -0.2) is 4.98 Å². The molecule has 2 aromatic heterocycles. The number of pyridine rings is 1. The third-order valence-corrected chi connectivity index (χ3v) is 4.18. The minimum absolute atomic E-state index is 0.0861. The van der Waals surface area contributed by atoms with Gasteiger partial charge < -0.3 is 10.3 Å². The first-order valence-corrected chi connectivity index (χ1v) is 8.29. The van der Waals surface area contributed by atoms with E-state index in [1.807, 2.05) is 32.0 Å². The predicted molar refractivity (Wildman–Crippen MR) is 95.0 cm³/mol. The van der Waals surface area contributed by atoms with Crippen LogP contribution in [0.25, 0.3) is 11.0 Å². The minimum atomic E-state index is -0.0995. The molecule has 0 aliphatic heterocycles. The topological polar surface area (TPSA) is 70.7 Å². The number of aryl methyl sites for hydroxylation is 1. The molecule has 24 heavy (non-hydrogen) atoms. The summed E-state index contributed by atoms with van der Waals surface area (Å²) in [6.07, 6.45) is 2.72. The number of imidazole rings is 1. The second kappa shape index (κ2) is 7.01.